The third-order valence-electron chi connectivity index (χ3n) is 3.75. The van der Waals surface area contributed by atoms with E-state index in [0.29, 0.717) is 13.1 Å². The second kappa shape index (κ2) is 6.03. The molecule has 1 saturated heterocycles. The van der Waals surface area contributed by atoms with E-state index in [1.54, 1.807) is 0 Å². The minimum Gasteiger partial charge on any atom is -0.330 e. The number of sulfone groups is 1. The fraction of sp³-hybridized carbons (Fsp3) is 0.571. The maximum atomic E-state index is 11.7. The molecular formula is C14H22N2O2S. The molecule has 1 aromatic carbocycles. The van der Waals surface area contributed by atoms with Gasteiger partial charge in [0.15, 0.2) is 9.84 Å². The zero-order chi connectivity index (χ0) is 13.9. The molecule has 2 rings (SSSR count). The van der Waals surface area contributed by atoms with Gasteiger partial charge in [-0.25, -0.2) is 8.42 Å². The monoisotopic (exact) mass is 282 g/mol. The fourth-order valence-electron chi connectivity index (χ4n) is 2.83. The summed E-state index contributed by atoms with van der Waals surface area (Å²) >= 11 is 0. The standard InChI is InChI=1S/C14H22N2O2S/c1-12-11-19(17,18)10-9-16(12)14(7-8-15)13-5-3-2-4-6-13/h2-6,12,14H,7-11,15H2,1H3. The predicted molar refractivity (Wildman–Crippen MR) is 77.7 cm³/mol. The van der Waals surface area contributed by atoms with E-state index in [4.69, 9.17) is 5.73 Å². The highest BCUT2D eigenvalue weighted by atomic mass is 32.2. The molecular weight excluding hydrogens is 260 g/mol. The van der Waals surface area contributed by atoms with Gasteiger partial charge in [-0.15, -0.1) is 0 Å². The molecule has 19 heavy (non-hydrogen) atoms. The molecule has 1 aromatic rings. The smallest absolute Gasteiger partial charge is 0.153 e. The average molecular weight is 282 g/mol. The minimum atomic E-state index is -2.87. The molecule has 2 unspecified atom stereocenters. The van der Waals surface area contributed by atoms with Crippen molar-refractivity contribution in [3.8, 4) is 0 Å². The van der Waals surface area contributed by atoms with Crippen molar-refractivity contribution in [1.29, 1.82) is 0 Å². The van der Waals surface area contributed by atoms with Crippen LogP contribution >= 0.6 is 0 Å². The van der Waals surface area contributed by atoms with Gasteiger partial charge in [-0.3, -0.25) is 4.90 Å². The Balaban J connectivity index is 2.21. The Morgan fingerprint density at radius 3 is 2.63 bits per heavy atom. The first-order valence-electron chi connectivity index (χ1n) is 6.74. The lowest BCUT2D eigenvalue weighted by Crippen LogP contribution is -2.48. The van der Waals surface area contributed by atoms with Crippen molar-refractivity contribution in [2.75, 3.05) is 24.6 Å². The quantitative estimate of drug-likeness (QED) is 0.901. The summed E-state index contributed by atoms with van der Waals surface area (Å²) in [6.45, 7) is 3.20. The van der Waals surface area contributed by atoms with E-state index in [2.05, 4.69) is 17.0 Å². The van der Waals surface area contributed by atoms with Gasteiger partial charge in [0, 0.05) is 18.6 Å². The molecule has 2 atom stereocenters. The molecule has 4 nitrogen and oxygen atoms in total. The van der Waals surface area contributed by atoms with Crippen LogP contribution in [-0.2, 0) is 9.84 Å². The summed E-state index contributed by atoms with van der Waals surface area (Å²) in [6, 6.07) is 10.5. The second-order valence-electron chi connectivity index (χ2n) is 5.21. The molecule has 5 heteroatoms. The average Bonchev–Trinajstić information content (AvgIpc) is 2.37. The second-order valence-corrected chi connectivity index (χ2v) is 7.43. The van der Waals surface area contributed by atoms with Crippen LogP contribution in [0.4, 0.5) is 0 Å². The number of hydrogen-bond donors (Lipinski definition) is 1. The molecule has 0 spiro atoms. The van der Waals surface area contributed by atoms with Crippen LogP contribution in [0.1, 0.15) is 24.9 Å². The molecule has 2 N–H and O–H groups in total. The van der Waals surface area contributed by atoms with E-state index in [1.165, 1.54) is 5.56 Å². The van der Waals surface area contributed by atoms with Gasteiger partial charge in [0.2, 0.25) is 0 Å². The normalized spacial score (nSPS) is 25.1. The van der Waals surface area contributed by atoms with Gasteiger partial charge in [-0.2, -0.15) is 0 Å². The Bertz CT molecular complexity index is 501. The maximum Gasteiger partial charge on any atom is 0.153 e. The molecule has 0 bridgehead atoms. The number of nitrogens with two attached hydrogens (primary N) is 1. The predicted octanol–water partition coefficient (Wildman–Crippen LogP) is 1.20. The van der Waals surface area contributed by atoms with Gasteiger partial charge in [-0.05, 0) is 25.5 Å². The van der Waals surface area contributed by atoms with E-state index in [9.17, 15) is 8.42 Å². The van der Waals surface area contributed by atoms with E-state index in [1.807, 2.05) is 25.1 Å². The molecule has 1 aliphatic rings. The van der Waals surface area contributed by atoms with Crippen molar-refractivity contribution in [3.05, 3.63) is 35.9 Å². The first kappa shape index (κ1) is 14.5. The maximum absolute atomic E-state index is 11.7. The fourth-order valence-corrected chi connectivity index (χ4v) is 4.41. The van der Waals surface area contributed by atoms with Crippen LogP contribution < -0.4 is 5.73 Å². The highest BCUT2D eigenvalue weighted by Gasteiger charge is 2.32. The molecule has 0 radical (unpaired) electrons. The van der Waals surface area contributed by atoms with E-state index < -0.39 is 9.84 Å². The van der Waals surface area contributed by atoms with Crippen molar-refractivity contribution >= 4 is 9.84 Å². The Kier molecular flexibility index (Phi) is 4.60. The SMILES string of the molecule is CC1CS(=O)(=O)CCN1C(CCN)c1ccccc1. The van der Waals surface area contributed by atoms with Gasteiger partial charge < -0.3 is 5.73 Å². The van der Waals surface area contributed by atoms with Crippen molar-refractivity contribution in [2.45, 2.75) is 25.4 Å². The lowest BCUT2D eigenvalue weighted by Gasteiger charge is -2.39. The third kappa shape index (κ3) is 3.55. The zero-order valence-corrected chi connectivity index (χ0v) is 12.1. The molecule has 1 fully saturated rings. The molecule has 0 saturated carbocycles. The summed E-state index contributed by atoms with van der Waals surface area (Å²) in [5.74, 6) is 0.506. The number of nitrogens with zero attached hydrogens (tertiary/aromatic N) is 1. The van der Waals surface area contributed by atoms with Crippen LogP contribution in [0, 0.1) is 0 Å². The molecule has 106 valence electrons. The largest absolute Gasteiger partial charge is 0.330 e. The van der Waals surface area contributed by atoms with Crippen molar-refractivity contribution < 1.29 is 8.42 Å². The summed E-state index contributed by atoms with van der Waals surface area (Å²) in [4.78, 5) is 2.28. The van der Waals surface area contributed by atoms with E-state index in [0.717, 1.165) is 6.42 Å². The van der Waals surface area contributed by atoms with Crippen molar-refractivity contribution in [1.82, 2.24) is 4.90 Å². The Morgan fingerprint density at radius 1 is 1.37 bits per heavy atom. The van der Waals surface area contributed by atoms with Crippen LogP contribution in [0.5, 0.6) is 0 Å². The molecule has 0 aromatic heterocycles. The van der Waals surface area contributed by atoms with Crippen molar-refractivity contribution in [2.24, 2.45) is 5.73 Å². The van der Waals surface area contributed by atoms with E-state index >= 15 is 0 Å². The van der Waals surface area contributed by atoms with Gasteiger partial charge in [0.1, 0.15) is 0 Å². The molecule has 1 aliphatic heterocycles. The summed E-state index contributed by atoms with van der Waals surface area (Å²) in [7, 11) is -2.87. The molecule has 0 aliphatic carbocycles. The molecule has 1 heterocycles. The zero-order valence-electron chi connectivity index (χ0n) is 11.3. The van der Waals surface area contributed by atoms with Gasteiger partial charge in [-0.1, -0.05) is 30.3 Å². The lowest BCUT2D eigenvalue weighted by atomic mass is 10.0. The van der Waals surface area contributed by atoms with E-state index in [-0.39, 0.29) is 23.6 Å². The molecule has 0 amide bonds. The lowest BCUT2D eigenvalue weighted by molar-refractivity contribution is 0.151. The van der Waals surface area contributed by atoms with Gasteiger partial charge in [0.05, 0.1) is 11.5 Å². The summed E-state index contributed by atoms with van der Waals surface area (Å²) in [5, 5.41) is 0. The Labute approximate surface area is 115 Å². The number of hydrogen-bond acceptors (Lipinski definition) is 4. The summed E-state index contributed by atoms with van der Waals surface area (Å²) in [5.41, 5.74) is 6.95. The van der Waals surface area contributed by atoms with Crippen molar-refractivity contribution in [3.63, 3.8) is 0 Å². The highest BCUT2D eigenvalue weighted by molar-refractivity contribution is 7.91. The third-order valence-corrected chi connectivity index (χ3v) is 5.54. The van der Waals surface area contributed by atoms with Crippen LogP contribution in [0.15, 0.2) is 30.3 Å². The Hall–Kier alpha value is -0.910. The van der Waals surface area contributed by atoms with Crippen LogP contribution in [0.2, 0.25) is 0 Å². The highest BCUT2D eigenvalue weighted by Crippen LogP contribution is 2.28. The number of rotatable bonds is 4. The van der Waals surface area contributed by atoms with Crippen LogP contribution in [0.3, 0.4) is 0 Å². The topological polar surface area (TPSA) is 63.4 Å². The number of benzene rings is 1. The minimum absolute atomic E-state index is 0.0514. The van der Waals surface area contributed by atoms with Crippen LogP contribution in [-0.4, -0.2) is 44.0 Å². The van der Waals surface area contributed by atoms with Gasteiger partial charge >= 0.3 is 0 Å². The Morgan fingerprint density at radius 2 is 2.05 bits per heavy atom. The summed E-state index contributed by atoms with van der Waals surface area (Å²) < 4.78 is 23.3. The van der Waals surface area contributed by atoms with Gasteiger partial charge in [0.25, 0.3) is 0 Å². The van der Waals surface area contributed by atoms with Crippen LogP contribution in [0.25, 0.3) is 0 Å². The first-order valence-corrected chi connectivity index (χ1v) is 8.57. The first-order chi connectivity index (χ1) is 9.03. The summed E-state index contributed by atoms with van der Waals surface area (Å²) in [6.07, 6.45) is 0.856.